The largest absolute Gasteiger partial charge is 0.360 e. The zero-order valence-electron chi connectivity index (χ0n) is 9.84. The van der Waals surface area contributed by atoms with Crippen molar-refractivity contribution in [2.24, 2.45) is 0 Å². The van der Waals surface area contributed by atoms with Gasteiger partial charge in [-0.1, -0.05) is 45.0 Å². The van der Waals surface area contributed by atoms with Gasteiger partial charge in [-0.3, -0.25) is 0 Å². The van der Waals surface area contributed by atoms with Crippen LogP contribution in [0.15, 0.2) is 36.5 Å². The van der Waals surface area contributed by atoms with Crippen LogP contribution in [0.25, 0.3) is 11.3 Å². The Morgan fingerprint density at radius 2 is 1.62 bits per heavy atom. The Morgan fingerprint density at radius 1 is 1.00 bits per heavy atom. The zero-order valence-corrected chi connectivity index (χ0v) is 12.0. The van der Waals surface area contributed by atoms with E-state index in [2.05, 4.69) is 78.7 Å². The second-order valence-electron chi connectivity index (χ2n) is 5.03. The number of benzene rings is 1. The average molecular weight is 325 g/mol. The van der Waals surface area contributed by atoms with Gasteiger partial charge in [0.15, 0.2) is 0 Å². The number of nitrogens with one attached hydrogen (secondary N) is 1. The summed E-state index contributed by atoms with van der Waals surface area (Å²) in [5.41, 5.74) is 4.06. The third-order valence-corrected chi connectivity index (χ3v) is 3.63. The molecule has 2 heteroatoms. The minimum absolute atomic E-state index is 0.224. The van der Waals surface area contributed by atoms with Crippen molar-refractivity contribution in [2.45, 2.75) is 26.2 Å². The van der Waals surface area contributed by atoms with Crippen LogP contribution in [0.5, 0.6) is 0 Å². The van der Waals surface area contributed by atoms with E-state index in [1.807, 2.05) is 6.20 Å². The molecule has 0 saturated carbocycles. The molecule has 0 atom stereocenters. The monoisotopic (exact) mass is 325 g/mol. The number of hydrogen-bond acceptors (Lipinski definition) is 0. The number of halogens is 1. The van der Waals surface area contributed by atoms with E-state index in [-0.39, 0.29) is 5.41 Å². The van der Waals surface area contributed by atoms with Gasteiger partial charge >= 0.3 is 0 Å². The van der Waals surface area contributed by atoms with E-state index in [1.54, 1.807) is 0 Å². The average Bonchev–Trinajstić information content (AvgIpc) is 2.63. The highest BCUT2D eigenvalue weighted by atomic mass is 127. The summed E-state index contributed by atoms with van der Waals surface area (Å²) < 4.78 is 1.26. The predicted molar refractivity (Wildman–Crippen MR) is 77.6 cm³/mol. The summed E-state index contributed by atoms with van der Waals surface area (Å²) in [6, 6.07) is 10.9. The van der Waals surface area contributed by atoms with Gasteiger partial charge in [0.2, 0.25) is 0 Å². The maximum atomic E-state index is 3.27. The van der Waals surface area contributed by atoms with Gasteiger partial charge in [-0.25, -0.2) is 0 Å². The number of rotatable bonds is 1. The van der Waals surface area contributed by atoms with Crippen LogP contribution in [0.4, 0.5) is 0 Å². The van der Waals surface area contributed by atoms with E-state index < -0.39 is 0 Å². The first-order chi connectivity index (χ1) is 7.48. The smallest absolute Gasteiger partial charge is 0.0589 e. The molecule has 0 radical (unpaired) electrons. The van der Waals surface area contributed by atoms with E-state index >= 15 is 0 Å². The quantitative estimate of drug-likeness (QED) is 0.739. The molecule has 1 nitrogen and oxygen atoms in total. The van der Waals surface area contributed by atoms with Crippen LogP contribution in [0.1, 0.15) is 26.3 Å². The molecule has 2 rings (SSSR count). The summed E-state index contributed by atoms with van der Waals surface area (Å²) in [4.78, 5) is 3.27. The maximum absolute atomic E-state index is 3.27. The van der Waals surface area contributed by atoms with Crippen molar-refractivity contribution in [3.05, 3.63) is 45.7 Å². The number of aromatic nitrogens is 1. The van der Waals surface area contributed by atoms with E-state index in [0.29, 0.717) is 0 Å². The lowest BCUT2D eigenvalue weighted by atomic mass is 9.86. The van der Waals surface area contributed by atoms with Gasteiger partial charge in [0, 0.05) is 9.77 Å². The molecule has 1 heterocycles. The Hall–Kier alpha value is -0.770. The van der Waals surface area contributed by atoms with Crippen molar-refractivity contribution in [2.75, 3.05) is 0 Å². The highest BCUT2D eigenvalue weighted by Gasteiger charge is 2.13. The number of hydrogen-bond donors (Lipinski definition) is 1. The van der Waals surface area contributed by atoms with Crippen LogP contribution < -0.4 is 0 Å². The van der Waals surface area contributed by atoms with Crippen LogP contribution in [-0.4, -0.2) is 4.98 Å². The molecule has 1 aromatic carbocycles. The zero-order chi connectivity index (χ0) is 11.8. The highest BCUT2D eigenvalue weighted by Crippen LogP contribution is 2.27. The lowest BCUT2D eigenvalue weighted by Gasteiger charge is -2.19. The number of H-pyrrole nitrogens is 1. The molecule has 0 saturated heterocycles. The Balaban J connectivity index is 2.37. The van der Waals surface area contributed by atoms with Gasteiger partial charge in [-0.15, -0.1) is 0 Å². The first kappa shape index (κ1) is 11.7. The van der Waals surface area contributed by atoms with Gasteiger partial charge < -0.3 is 4.98 Å². The van der Waals surface area contributed by atoms with Gasteiger partial charge in [0.25, 0.3) is 0 Å². The van der Waals surface area contributed by atoms with Crippen LogP contribution in [0.3, 0.4) is 0 Å². The van der Waals surface area contributed by atoms with E-state index in [0.717, 1.165) is 0 Å². The lowest BCUT2D eigenvalue weighted by Crippen LogP contribution is -2.10. The van der Waals surface area contributed by atoms with Crippen LogP contribution >= 0.6 is 22.6 Å². The first-order valence-electron chi connectivity index (χ1n) is 5.42. The van der Waals surface area contributed by atoms with Gasteiger partial charge in [-0.05, 0) is 45.2 Å². The normalized spacial score (nSPS) is 11.8. The summed E-state index contributed by atoms with van der Waals surface area (Å²) in [6.07, 6.45) is 1.98. The fourth-order valence-electron chi connectivity index (χ4n) is 1.71. The van der Waals surface area contributed by atoms with Crippen LogP contribution in [0, 0.1) is 3.57 Å². The van der Waals surface area contributed by atoms with E-state index in [9.17, 15) is 0 Å². The Kier molecular flexibility index (Phi) is 3.10. The summed E-state index contributed by atoms with van der Waals surface area (Å²) in [5, 5.41) is 0. The molecule has 0 spiro atoms. The number of aromatic amines is 1. The molecule has 2 aromatic rings. The van der Waals surface area contributed by atoms with Gasteiger partial charge in [0.05, 0.1) is 5.69 Å². The van der Waals surface area contributed by atoms with Crippen LogP contribution in [0.2, 0.25) is 0 Å². The fourth-order valence-corrected chi connectivity index (χ4v) is 2.36. The molecule has 0 aliphatic heterocycles. The molecule has 1 aromatic heterocycles. The van der Waals surface area contributed by atoms with Crippen molar-refractivity contribution in [3.8, 4) is 11.3 Å². The van der Waals surface area contributed by atoms with Crippen molar-refractivity contribution >= 4 is 22.6 Å². The Morgan fingerprint density at radius 3 is 2.06 bits per heavy atom. The molecule has 0 fully saturated rings. The summed E-state index contributed by atoms with van der Waals surface area (Å²) in [7, 11) is 0. The third-order valence-electron chi connectivity index (χ3n) is 2.74. The molecule has 0 bridgehead atoms. The maximum Gasteiger partial charge on any atom is 0.0589 e. The SMILES string of the molecule is CC(C)(C)c1ccc(-c2[nH]ccc2I)cc1. The van der Waals surface area contributed by atoms with Crippen molar-refractivity contribution < 1.29 is 0 Å². The van der Waals surface area contributed by atoms with Gasteiger partial charge in [0.1, 0.15) is 0 Å². The molecule has 1 N–H and O–H groups in total. The standard InChI is InChI=1S/C14H16IN/c1-14(2,3)11-6-4-10(5-7-11)13-12(15)8-9-16-13/h4-9,16H,1-3H3. The summed E-state index contributed by atoms with van der Waals surface area (Å²) >= 11 is 2.35. The molecule has 16 heavy (non-hydrogen) atoms. The Bertz CT molecular complexity index is 474. The predicted octanol–water partition coefficient (Wildman–Crippen LogP) is 4.58. The van der Waals surface area contributed by atoms with Gasteiger partial charge in [-0.2, -0.15) is 0 Å². The second-order valence-corrected chi connectivity index (χ2v) is 6.19. The molecule has 0 unspecified atom stereocenters. The molecular formula is C14H16IN. The van der Waals surface area contributed by atoms with Crippen LogP contribution in [-0.2, 0) is 5.41 Å². The lowest BCUT2D eigenvalue weighted by molar-refractivity contribution is 0.590. The highest BCUT2D eigenvalue weighted by molar-refractivity contribution is 14.1. The molecule has 84 valence electrons. The van der Waals surface area contributed by atoms with Crippen molar-refractivity contribution in [1.82, 2.24) is 4.98 Å². The third kappa shape index (κ3) is 2.32. The molecular weight excluding hydrogens is 309 g/mol. The molecule has 0 amide bonds. The first-order valence-corrected chi connectivity index (χ1v) is 6.50. The molecule has 0 aliphatic rings. The topological polar surface area (TPSA) is 15.8 Å². The van der Waals surface area contributed by atoms with Crippen molar-refractivity contribution in [3.63, 3.8) is 0 Å². The minimum atomic E-state index is 0.224. The summed E-state index contributed by atoms with van der Waals surface area (Å²) in [5.74, 6) is 0. The Labute approximate surface area is 110 Å². The summed E-state index contributed by atoms with van der Waals surface area (Å²) in [6.45, 7) is 6.71. The van der Waals surface area contributed by atoms with E-state index in [4.69, 9.17) is 0 Å². The van der Waals surface area contributed by atoms with E-state index in [1.165, 1.54) is 20.4 Å². The minimum Gasteiger partial charge on any atom is -0.360 e. The molecule has 0 aliphatic carbocycles. The second kappa shape index (κ2) is 4.24. The fraction of sp³-hybridized carbons (Fsp3) is 0.286. The van der Waals surface area contributed by atoms with Crippen molar-refractivity contribution in [1.29, 1.82) is 0 Å².